The minimum Gasteiger partial charge on any atom is -0.508 e. The summed E-state index contributed by atoms with van der Waals surface area (Å²) < 4.78 is 0. The van der Waals surface area contributed by atoms with E-state index in [0.29, 0.717) is 36.8 Å². The maximum Gasteiger partial charge on any atom is 0.328 e. The molecule has 0 radical (unpaired) electrons. The van der Waals surface area contributed by atoms with Gasteiger partial charge in [0.25, 0.3) is 0 Å². The number of carbonyl (C=O) groups is 10. The second-order valence-corrected chi connectivity index (χ2v) is 19.3. The zero-order valence-corrected chi connectivity index (χ0v) is 44.3. The van der Waals surface area contributed by atoms with Crippen LogP contribution >= 0.6 is 0 Å². The highest BCUT2D eigenvalue weighted by Crippen LogP contribution is 2.15. The van der Waals surface area contributed by atoms with E-state index in [4.69, 9.17) is 22.9 Å². The third-order valence-electron chi connectivity index (χ3n) is 12.5. The number of phenols is 2. The molecule has 0 aliphatic carbocycles. The summed E-state index contributed by atoms with van der Waals surface area (Å²) >= 11 is 0. The number of hydrogen-bond donors (Lipinski definition) is 16. The van der Waals surface area contributed by atoms with Crippen molar-refractivity contribution in [3.05, 3.63) is 59.7 Å². The second kappa shape index (κ2) is 33.6. The molecule has 26 nitrogen and oxygen atoms in total. The summed E-state index contributed by atoms with van der Waals surface area (Å²) in [4.78, 5) is 133. The largest absolute Gasteiger partial charge is 0.508 e. The third kappa shape index (κ3) is 23.6. The van der Waals surface area contributed by atoms with Gasteiger partial charge in [0, 0.05) is 6.42 Å². The van der Waals surface area contributed by atoms with E-state index in [0.717, 1.165) is 6.92 Å². The first-order valence-electron chi connectivity index (χ1n) is 25.6. The maximum atomic E-state index is 14.0. The van der Waals surface area contributed by atoms with Crippen LogP contribution in [0.5, 0.6) is 11.5 Å². The molecule has 26 heteroatoms. The van der Waals surface area contributed by atoms with Crippen molar-refractivity contribution >= 4 is 59.1 Å². The molecule has 0 aliphatic heterocycles. The van der Waals surface area contributed by atoms with Crippen molar-refractivity contribution in [2.24, 2.45) is 34.8 Å². The van der Waals surface area contributed by atoms with Crippen molar-refractivity contribution in [2.45, 2.75) is 153 Å². The molecule has 0 aromatic heterocycles. The van der Waals surface area contributed by atoms with Gasteiger partial charge in [-0.1, -0.05) is 58.4 Å². The van der Waals surface area contributed by atoms with Crippen LogP contribution < -0.4 is 65.5 Å². The number of benzene rings is 2. The first-order chi connectivity index (χ1) is 36.3. The van der Waals surface area contributed by atoms with Crippen molar-refractivity contribution in [3.63, 3.8) is 0 Å². The highest BCUT2D eigenvalue weighted by Gasteiger charge is 2.36. The number of nitrogens with two attached hydrogens (primary N) is 4. The monoisotopic (exact) mass is 1080 g/mol. The Morgan fingerprint density at radius 1 is 0.532 bits per heavy atom. The van der Waals surface area contributed by atoms with E-state index in [1.165, 1.54) is 24.3 Å². The molecule has 428 valence electrons. The molecule has 0 saturated carbocycles. The van der Waals surface area contributed by atoms with Gasteiger partial charge in [-0.25, -0.2) is 4.79 Å². The van der Waals surface area contributed by atoms with Crippen LogP contribution in [-0.2, 0) is 60.8 Å². The van der Waals surface area contributed by atoms with E-state index in [-0.39, 0.29) is 56.7 Å². The Morgan fingerprint density at radius 2 is 0.974 bits per heavy atom. The summed E-state index contributed by atoms with van der Waals surface area (Å²) in [5.74, 6) is -10.7. The van der Waals surface area contributed by atoms with Gasteiger partial charge in [-0.15, -0.1) is 0 Å². The number of phenolic OH excluding ortho intramolecular Hbond substituents is 2. The minimum absolute atomic E-state index is 0.0147. The molecule has 0 heterocycles. The van der Waals surface area contributed by atoms with Crippen LogP contribution in [0.2, 0.25) is 0 Å². The second-order valence-electron chi connectivity index (χ2n) is 19.3. The highest BCUT2D eigenvalue weighted by molar-refractivity contribution is 5.98. The number of rotatable bonds is 35. The number of carboxylic acids is 1. The molecular weight excluding hydrogens is 1000 g/mol. The van der Waals surface area contributed by atoms with E-state index < -0.39 is 138 Å². The molecule has 0 bridgehead atoms. The Kier molecular flexibility index (Phi) is 28.6. The smallest absolute Gasteiger partial charge is 0.328 e. The summed E-state index contributed by atoms with van der Waals surface area (Å²) in [5, 5.41) is 58.9. The van der Waals surface area contributed by atoms with Crippen molar-refractivity contribution in [1.29, 1.82) is 0 Å². The first kappa shape index (κ1) is 65.7. The third-order valence-corrected chi connectivity index (χ3v) is 12.5. The number of aliphatic hydroxyl groups excluding tert-OH is 1. The van der Waals surface area contributed by atoms with E-state index in [1.54, 1.807) is 52.0 Å². The molecule has 2 aromatic rings. The highest BCUT2D eigenvalue weighted by atomic mass is 16.4. The van der Waals surface area contributed by atoms with Gasteiger partial charge in [-0.2, -0.15) is 0 Å². The Balaban J connectivity index is 2.29. The van der Waals surface area contributed by atoms with Crippen LogP contribution in [0.25, 0.3) is 0 Å². The number of carboxylic acid groups (broad SMARTS) is 1. The van der Waals surface area contributed by atoms with Crippen LogP contribution in [0.1, 0.15) is 97.1 Å². The zero-order valence-electron chi connectivity index (χ0n) is 44.3. The molecule has 20 N–H and O–H groups in total. The van der Waals surface area contributed by atoms with Crippen molar-refractivity contribution < 1.29 is 68.4 Å². The summed E-state index contributed by atoms with van der Waals surface area (Å²) in [5.41, 5.74) is 24.3. The van der Waals surface area contributed by atoms with E-state index >= 15 is 0 Å². The number of hydrogen-bond acceptors (Lipinski definition) is 16. The number of primary amides is 1. The molecule has 77 heavy (non-hydrogen) atoms. The molecule has 0 unspecified atom stereocenters. The molecule has 10 atom stereocenters. The minimum atomic E-state index is -1.73. The van der Waals surface area contributed by atoms with Gasteiger partial charge in [0.15, 0.2) is 6.04 Å². The van der Waals surface area contributed by atoms with Crippen molar-refractivity contribution in [3.8, 4) is 11.5 Å². The SMILES string of the molecule is CC[C@H](C)[C@H](NC(=O)[C@H](CC(N)=O)NC(=O)[C@H](CCCCN)NC(=O)[C@H](CCCCN)NC(=O)CNC(=O)[C@@H](NC(=O)[C@H](Cc1ccc(O)cc1)NC(=O)[C@@H](N)Cc1ccc(O)cc1)C(C)C)C(=O)N[C@H](C(=O)O)[C@@H](C)O. The average Bonchev–Trinajstić information content (AvgIpc) is 3.37. The molecular formula is C51H80N12O14. The predicted octanol–water partition coefficient (Wildman–Crippen LogP) is -2.98. The summed E-state index contributed by atoms with van der Waals surface area (Å²) in [6, 6.07) is 0.778. The lowest BCUT2D eigenvalue weighted by molar-refractivity contribution is -0.145. The quantitative estimate of drug-likeness (QED) is 0.0306. The molecule has 0 fully saturated rings. The summed E-state index contributed by atoms with van der Waals surface area (Å²) in [6.07, 6.45) is -0.569. The molecule has 2 rings (SSSR count). The Hall–Kier alpha value is -7.42. The van der Waals surface area contributed by atoms with Crippen LogP contribution in [0.4, 0.5) is 0 Å². The van der Waals surface area contributed by atoms with Crippen LogP contribution in [-0.4, -0.2) is 154 Å². The van der Waals surface area contributed by atoms with E-state index in [1.807, 2.05) is 0 Å². The van der Waals surface area contributed by atoms with Crippen LogP contribution in [0.15, 0.2) is 48.5 Å². The number of aliphatic carboxylic acids is 1. The van der Waals surface area contributed by atoms with Crippen LogP contribution in [0, 0.1) is 11.8 Å². The van der Waals surface area contributed by atoms with Crippen LogP contribution in [0.3, 0.4) is 0 Å². The average molecular weight is 1090 g/mol. The summed E-state index contributed by atoms with van der Waals surface area (Å²) in [7, 11) is 0. The first-order valence-corrected chi connectivity index (χ1v) is 25.6. The number of nitrogens with one attached hydrogen (secondary N) is 8. The molecule has 0 aliphatic rings. The van der Waals surface area contributed by atoms with Crippen molar-refractivity contribution in [2.75, 3.05) is 19.6 Å². The lowest BCUT2D eigenvalue weighted by atomic mass is 9.97. The molecule has 2 aromatic carbocycles. The Bertz CT molecular complexity index is 2290. The van der Waals surface area contributed by atoms with Gasteiger partial charge in [0.2, 0.25) is 53.2 Å². The normalized spacial score (nSPS) is 15.0. The number of carbonyl (C=O) groups excluding carboxylic acids is 9. The van der Waals surface area contributed by atoms with E-state index in [9.17, 15) is 68.4 Å². The van der Waals surface area contributed by atoms with Gasteiger partial charge >= 0.3 is 5.97 Å². The fourth-order valence-electron chi connectivity index (χ4n) is 7.71. The van der Waals surface area contributed by atoms with Gasteiger partial charge in [-0.05, 0) is 112 Å². The fourth-order valence-corrected chi connectivity index (χ4v) is 7.71. The molecule has 0 spiro atoms. The van der Waals surface area contributed by atoms with E-state index in [2.05, 4.69) is 42.5 Å². The predicted molar refractivity (Wildman–Crippen MR) is 281 cm³/mol. The summed E-state index contributed by atoms with van der Waals surface area (Å²) in [6.45, 7) is 7.45. The van der Waals surface area contributed by atoms with Gasteiger partial charge in [-0.3, -0.25) is 43.2 Å². The Labute approximate surface area is 447 Å². The standard InChI is InChI=1S/C51H80N12O14/c1-6-28(4)42(50(75)63-43(29(5)64)51(76)77)62-48(73)38(25-39(55)67)60-46(71)36(12-8-10-22-53)58-45(70)35(11-7-9-21-52)57-40(68)26-56-49(74)41(27(2)3)61-47(72)37(24-31-15-19-33(66)20-16-31)59-44(69)34(54)23-30-13-17-32(65)18-14-30/h13-20,27-29,34-38,41-43,64-66H,6-12,21-26,52-54H2,1-5H3,(H2,55,67)(H,56,74)(H,57,68)(H,58,70)(H,59,69)(H,60,71)(H,61,72)(H,62,73)(H,63,75)(H,76,77)/t28-,29+,34-,35-,36-,37-,38-,41-,42-,43-/m0/s1. The fraction of sp³-hybridized carbons (Fsp3) is 0.569. The number of aromatic hydroxyl groups is 2. The molecule has 0 saturated heterocycles. The number of aliphatic hydroxyl groups is 1. The lowest BCUT2D eigenvalue weighted by Crippen LogP contribution is -2.61. The number of unbranched alkanes of at least 4 members (excludes halogenated alkanes) is 2. The lowest BCUT2D eigenvalue weighted by Gasteiger charge is -2.29. The molecule has 9 amide bonds. The maximum absolute atomic E-state index is 14.0. The van der Waals surface area contributed by atoms with Crippen molar-refractivity contribution in [1.82, 2.24) is 42.5 Å². The number of amides is 9. The van der Waals surface area contributed by atoms with Gasteiger partial charge in [0.05, 0.1) is 25.1 Å². The topological polar surface area (TPSA) is 452 Å². The zero-order chi connectivity index (χ0) is 57.9. The van der Waals surface area contributed by atoms with Gasteiger partial charge in [0.1, 0.15) is 47.8 Å². The Morgan fingerprint density at radius 3 is 1.44 bits per heavy atom. The van der Waals surface area contributed by atoms with Gasteiger partial charge < -0.3 is 85.9 Å².